The lowest BCUT2D eigenvalue weighted by atomic mass is 9.98. The molecule has 1 aromatic heterocycles. The average Bonchev–Trinajstić information content (AvgIpc) is 2.64. The Kier molecular flexibility index (Phi) is 1.83. The van der Waals surface area contributed by atoms with Gasteiger partial charge >= 0.3 is 0 Å². The van der Waals surface area contributed by atoms with Gasteiger partial charge in [-0.15, -0.1) is 0 Å². The molecule has 0 N–H and O–H groups in total. The summed E-state index contributed by atoms with van der Waals surface area (Å²) < 4.78 is 1.71. The topological polar surface area (TPSA) is 47.8 Å². The summed E-state index contributed by atoms with van der Waals surface area (Å²) in [6.07, 6.45) is 6.16. The van der Waals surface area contributed by atoms with E-state index in [9.17, 15) is 4.79 Å². The van der Waals surface area contributed by atoms with Gasteiger partial charge in [0.1, 0.15) is 17.9 Å². The van der Waals surface area contributed by atoms with E-state index in [2.05, 4.69) is 10.1 Å². The molecule has 0 radical (unpaired) electrons. The largest absolute Gasteiger partial charge is 0.299 e. The van der Waals surface area contributed by atoms with E-state index in [0.29, 0.717) is 18.1 Å². The summed E-state index contributed by atoms with van der Waals surface area (Å²) in [6.45, 7) is 0. The summed E-state index contributed by atoms with van der Waals surface area (Å²) in [5.41, 5.74) is 0. The molecule has 3 saturated carbocycles. The van der Waals surface area contributed by atoms with Crippen LogP contribution in [0.15, 0.2) is 6.33 Å². The second kappa shape index (κ2) is 3.18. The van der Waals surface area contributed by atoms with Crippen LogP contribution in [0.2, 0.25) is 0 Å². The predicted octanol–water partition coefficient (Wildman–Crippen LogP) is 1.22. The summed E-state index contributed by atoms with van der Waals surface area (Å²) in [5, 5.41) is 4.02. The maximum absolute atomic E-state index is 12.3. The van der Waals surface area contributed by atoms with E-state index in [0.717, 1.165) is 29.5 Å². The van der Waals surface area contributed by atoms with E-state index in [4.69, 9.17) is 0 Å². The molecule has 2 bridgehead atoms. The van der Waals surface area contributed by atoms with Crippen molar-refractivity contribution >= 4 is 5.78 Å². The highest BCUT2D eigenvalue weighted by molar-refractivity contribution is 5.86. The molecule has 0 amide bonds. The van der Waals surface area contributed by atoms with Crippen molar-refractivity contribution < 1.29 is 4.79 Å². The summed E-state index contributed by atoms with van der Waals surface area (Å²) >= 11 is 0. The minimum Gasteiger partial charge on any atom is -0.299 e. The number of nitrogens with zero attached hydrogens (tertiary/aromatic N) is 3. The van der Waals surface area contributed by atoms with Gasteiger partial charge in [0.25, 0.3) is 0 Å². The molecule has 4 heteroatoms. The molecule has 4 unspecified atom stereocenters. The zero-order valence-electron chi connectivity index (χ0n) is 10.0. The third-order valence-electron chi connectivity index (χ3n) is 5.24. The zero-order chi connectivity index (χ0) is 11.6. The lowest BCUT2D eigenvalue weighted by molar-refractivity contribution is -0.120. The van der Waals surface area contributed by atoms with Crippen LogP contribution >= 0.6 is 0 Å². The number of aromatic nitrogens is 3. The van der Waals surface area contributed by atoms with Gasteiger partial charge < -0.3 is 0 Å². The first-order valence-corrected chi connectivity index (χ1v) is 6.61. The van der Waals surface area contributed by atoms with E-state index >= 15 is 0 Å². The van der Waals surface area contributed by atoms with E-state index in [1.54, 1.807) is 4.68 Å². The molecule has 0 saturated heterocycles. The smallest absolute Gasteiger partial charge is 0.144 e. The molecule has 1 heterocycles. The Hall–Kier alpha value is -1.19. The second-order valence-electron chi connectivity index (χ2n) is 5.96. The maximum atomic E-state index is 12.3. The highest BCUT2D eigenvalue weighted by atomic mass is 16.1. The van der Waals surface area contributed by atoms with Gasteiger partial charge in [-0.3, -0.25) is 9.48 Å². The molecule has 4 nitrogen and oxygen atoms in total. The first-order chi connectivity index (χ1) is 8.25. The highest BCUT2D eigenvalue weighted by Gasteiger charge is 2.66. The number of fused-ring (bicyclic) bond motifs is 5. The number of rotatable bonds is 3. The summed E-state index contributed by atoms with van der Waals surface area (Å²) in [5.74, 6) is 4.83. The van der Waals surface area contributed by atoms with Crippen LogP contribution in [0, 0.1) is 29.6 Å². The standard InChI is InChI=1S/C13H17N3O/c1-16-10(14-6-15-16)5-9(17)13-11-7-2-3-8(4-7)12(11)13/h6-8,11-13H,2-5H2,1H3. The number of carbonyl (C=O) groups is 1. The Morgan fingerprint density at radius 2 is 2.12 bits per heavy atom. The molecule has 90 valence electrons. The van der Waals surface area contributed by atoms with Crippen LogP contribution in [0.1, 0.15) is 25.1 Å². The number of ketones is 1. The van der Waals surface area contributed by atoms with Crippen molar-refractivity contribution in [3.05, 3.63) is 12.2 Å². The van der Waals surface area contributed by atoms with Crippen molar-refractivity contribution in [2.45, 2.75) is 25.7 Å². The highest BCUT2D eigenvalue weighted by Crippen LogP contribution is 2.69. The molecule has 4 rings (SSSR count). The first kappa shape index (κ1) is 9.80. The van der Waals surface area contributed by atoms with Crippen molar-refractivity contribution in [2.75, 3.05) is 0 Å². The molecular weight excluding hydrogens is 214 g/mol. The zero-order valence-corrected chi connectivity index (χ0v) is 10.0. The average molecular weight is 231 g/mol. The number of Topliss-reactive ketones (excluding diaryl/α,β-unsaturated/α-hetero) is 1. The summed E-state index contributed by atoms with van der Waals surface area (Å²) in [7, 11) is 1.85. The Labute approximate surface area is 100 Å². The van der Waals surface area contributed by atoms with Gasteiger partial charge in [-0.2, -0.15) is 5.10 Å². The van der Waals surface area contributed by atoms with Crippen LogP contribution in [-0.4, -0.2) is 20.5 Å². The van der Waals surface area contributed by atoms with Crippen molar-refractivity contribution in [3.8, 4) is 0 Å². The molecule has 0 aliphatic heterocycles. The van der Waals surface area contributed by atoms with Gasteiger partial charge in [-0.25, -0.2) is 4.98 Å². The third kappa shape index (κ3) is 1.27. The van der Waals surface area contributed by atoms with E-state index < -0.39 is 0 Å². The Bertz CT molecular complexity index is 465. The van der Waals surface area contributed by atoms with Crippen molar-refractivity contribution in [1.29, 1.82) is 0 Å². The van der Waals surface area contributed by atoms with Gasteiger partial charge in [0.2, 0.25) is 0 Å². The van der Waals surface area contributed by atoms with Crippen LogP contribution in [-0.2, 0) is 18.3 Å². The van der Waals surface area contributed by atoms with E-state index in [1.807, 2.05) is 7.05 Å². The Morgan fingerprint density at radius 1 is 1.41 bits per heavy atom. The van der Waals surface area contributed by atoms with E-state index in [1.165, 1.54) is 25.6 Å². The molecule has 1 aromatic rings. The second-order valence-corrected chi connectivity index (χ2v) is 5.96. The van der Waals surface area contributed by atoms with Crippen LogP contribution in [0.5, 0.6) is 0 Å². The van der Waals surface area contributed by atoms with Crippen LogP contribution < -0.4 is 0 Å². The van der Waals surface area contributed by atoms with Crippen LogP contribution in [0.4, 0.5) is 0 Å². The van der Waals surface area contributed by atoms with Gasteiger partial charge in [0.05, 0.1) is 6.42 Å². The van der Waals surface area contributed by atoms with Crippen molar-refractivity contribution in [1.82, 2.24) is 14.8 Å². The lowest BCUT2D eigenvalue weighted by Gasteiger charge is -2.07. The fourth-order valence-electron chi connectivity index (χ4n) is 4.51. The predicted molar refractivity (Wildman–Crippen MR) is 61.0 cm³/mol. The normalized spacial score (nSPS) is 41.6. The molecule has 17 heavy (non-hydrogen) atoms. The minimum atomic E-state index is 0.373. The Morgan fingerprint density at radius 3 is 2.71 bits per heavy atom. The maximum Gasteiger partial charge on any atom is 0.144 e. The number of carbonyl (C=O) groups excluding carboxylic acids is 1. The monoisotopic (exact) mass is 231 g/mol. The quantitative estimate of drug-likeness (QED) is 0.785. The third-order valence-corrected chi connectivity index (χ3v) is 5.24. The fourth-order valence-corrected chi connectivity index (χ4v) is 4.51. The van der Waals surface area contributed by atoms with Crippen molar-refractivity contribution in [2.24, 2.45) is 36.6 Å². The molecule has 3 aliphatic carbocycles. The molecule has 0 aromatic carbocycles. The van der Waals surface area contributed by atoms with Crippen molar-refractivity contribution in [3.63, 3.8) is 0 Å². The molecule has 3 fully saturated rings. The SMILES string of the molecule is Cn1ncnc1CC(=O)C1C2C3CCC(C3)C12. The minimum absolute atomic E-state index is 0.373. The van der Waals surface area contributed by atoms with Gasteiger partial charge in [-0.1, -0.05) is 0 Å². The number of hydrogen-bond acceptors (Lipinski definition) is 3. The molecular formula is C13H17N3O. The fraction of sp³-hybridized carbons (Fsp3) is 0.769. The Balaban J connectivity index is 1.48. The molecule has 3 aliphatic rings. The molecule has 0 spiro atoms. The van der Waals surface area contributed by atoms with E-state index in [-0.39, 0.29) is 0 Å². The van der Waals surface area contributed by atoms with Gasteiger partial charge in [0, 0.05) is 13.0 Å². The number of hydrogen-bond donors (Lipinski definition) is 0. The van der Waals surface area contributed by atoms with Crippen LogP contribution in [0.25, 0.3) is 0 Å². The summed E-state index contributed by atoms with van der Waals surface area (Å²) in [6, 6.07) is 0. The summed E-state index contributed by atoms with van der Waals surface area (Å²) in [4.78, 5) is 16.4. The molecule has 4 atom stereocenters. The lowest BCUT2D eigenvalue weighted by Crippen LogP contribution is -2.15. The first-order valence-electron chi connectivity index (χ1n) is 6.61. The van der Waals surface area contributed by atoms with Crippen LogP contribution in [0.3, 0.4) is 0 Å². The number of aryl methyl sites for hydroxylation is 1. The van der Waals surface area contributed by atoms with Gasteiger partial charge in [-0.05, 0) is 42.9 Å². The van der Waals surface area contributed by atoms with Gasteiger partial charge in [0.15, 0.2) is 0 Å².